The molecule has 2 rings (SSSR count). The van der Waals surface area contributed by atoms with Gasteiger partial charge in [-0.3, -0.25) is 14.8 Å². The van der Waals surface area contributed by atoms with E-state index >= 15 is 0 Å². The third-order valence-corrected chi connectivity index (χ3v) is 2.74. The zero-order valence-corrected chi connectivity index (χ0v) is 10.9. The molecule has 1 aromatic carbocycles. The Morgan fingerprint density at radius 3 is 2.89 bits per heavy atom. The van der Waals surface area contributed by atoms with Gasteiger partial charge in [0.15, 0.2) is 0 Å². The van der Waals surface area contributed by atoms with Crippen molar-refractivity contribution in [1.82, 2.24) is 9.78 Å². The highest BCUT2D eigenvalue weighted by Gasteiger charge is 2.06. The van der Waals surface area contributed by atoms with Crippen LogP contribution in [0.5, 0.6) is 0 Å². The number of nitro benzene ring substituents is 1. The van der Waals surface area contributed by atoms with Crippen molar-refractivity contribution in [3.63, 3.8) is 0 Å². The maximum absolute atomic E-state index is 10.7. The third kappa shape index (κ3) is 3.31. The Hall–Kier alpha value is -2.37. The van der Waals surface area contributed by atoms with E-state index in [-0.39, 0.29) is 5.69 Å². The third-order valence-electron chi connectivity index (χ3n) is 2.74. The summed E-state index contributed by atoms with van der Waals surface area (Å²) in [4.78, 5) is 10.3. The number of nitro groups is 1. The largest absolute Gasteiger partial charge is 0.381 e. The molecule has 0 amide bonds. The Bertz CT molecular complexity index is 578. The molecule has 0 radical (unpaired) electrons. The number of nitrogens with one attached hydrogen (secondary N) is 1. The fourth-order valence-electron chi connectivity index (χ4n) is 1.68. The highest BCUT2D eigenvalue weighted by Crippen LogP contribution is 2.17. The van der Waals surface area contributed by atoms with Gasteiger partial charge in [0.2, 0.25) is 0 Å². The number of hydrogen-bond donors (Lipinski definition) is 1. The van der Waals surface area contributed by atoms with E-state index in [4.69, 9.17) is 0 Å². The summed E-state index contributed by atoms with van der Waals surface area (Å²) in [5, 5.41) is 18.1. The Balaban J connectivity index is 2.01. The average molecular weight is 260 g/mol. The van der Waals surface area contributed by atoms with Crippen molar-refractivity contribution in [3.05, 3.63) is 52.3 Å². The van der Waals surface area contributed by atoms with Gasteiger partial charge in [0.1, 0.15) is 0 Å². The Morgan fingerprint density at radius 2 is 2.26 bits per heavy atom. The molecule has 2 aromatic rings. The predicted octanol–water partition coefficient (Wildman–Crippen LogP) is 2.98. The molecule has 0 unspecified atom stereocenters. The van der Waals surface area contributed by atoms with Crippen molar-refractivity contribution in [1.29, 1.82) is 0 Å². The van der Waals surface area contributed by atoms with Gasteiger partial charge in [-0.1, -0.05) is 6.07 Å². The highest BCUT2D eigenvalue weighted by atomic mass is 16.6. The minimum Gasteiger partial charge on any atom is -0.381 e. The minimum atomic E-state index is -0.401. The lowest BCUT2D eigenvalue weighted by Gasteiger charge is -2.05. The molecular weight excluding hydrogens is 244 g/mol. The lowest BCUT2D eigenvalue weighted by atomic mass is 10.2. The van der Waals surface area contributed by atoms with E-state index in [0.29, 0.717) is 12.6 Å². The average Bonchev–Trinajstić information content (AvgIpc) is 2.85. The molecule has 0 spiro atoms. The summed E-state index contributed by atoms with van der Waals surface area (Å²) >= 11 is 0. The van der Waals surface area contributed by atoms with Gasteiger partial charge in [0, 0.05) is 42.2 Å². The molecule has 0 fully saturated rings. The number of anilines is 1. The van der Waals surface area contributed by atoms with Gasteiger partial charge in [-0.2, -0.15) is 5.10 Å². The molecule has 19 heavy (non-hydrogen) atoms. The van der Waals surface area contributed by atoms with Gasteiger partial charge in [-0.15, -0.1) is 0 Å². The Morgan fingerprint density at radius 1 is 1.47 bits per heavy atom. The normalized spacial score (nSPS) is 10.7. The first-order valence-corrected chi connectivity index (χ1v) is 6.07. The summed E-state index contributed by atoms with van der Waals surface area (Å²) in [6.45, 7) is 4.71. The van der Waals surface area contributed by atoms with E-state index in [9.17, 15) is 10.1 Å². The van der Waals surface area contributed by atoms with Gasteiger partial charge in [0.05, 0.1) is 11.1 Å². The molecule has 6 heteroatoms. The van der Waals surface area contributed by atoms with Crippen molar-refractivity contribution >= 4 is 11.4 Å². The maximum Gasteiger partial charge on any atom is 0.271 e. The molecule has 1 N–H and O–H groups in total. The molecule has 100 valence electrons. The lowest BCUT2D eigenvalue weighted by Crippen LogP contribution is -2.01. The second-order valence-electron chi connectivity index (χ2n) is 4.58. The Kier molecular flexibility index (Phi) is 3.79. The summed E-state index contributed by atoms with van der Waals surface area (Å²) in [6.07, 6.45) is 3.76. The van der Waals surface area contributed by atoms with Crippen molar-refractivity contribution in [3.8, 4) is 0 Å². The zero-order chi connectivity index (χ0) is 13.8. The number of hydrogen-bond acceptors (Lipinski definition) is 4. The zero-order valence-electron chi connectivity index (χ0n) is 10.9. The summed E-state index contributed by atoms with van der Waals surface area (Å²) in [6, 6.07) is 6.79. The van der Waals surface area contributed by atoms with Crippen LogP contribution in [0, 0.1) is 10.1 Å². The molecule has 6 nitrogen and oxygen atoms in total. The molecular formula is C13H16N4O2. The van der Waals surface area contributed by atoms with Gasteiger partial charge in [0.25, 0.3) is 5.69 Å². The van der Waals surface area contributed by atoms with Gasteiger partial charge >= 0.3 is 0 Å². The van der Waals surface area contributed by atoms with Crippen LogP contribution in [0.3, 0.4) is 0 Å². The maximum atomic E-state index is 10.7. The van der Waals surface area contributed by atoms with Crippen LogP contribution in [0.15, 0.2) is 36.7 Å². The fourth-order valence-corrected chi connectivity index (χ4v) is 1.68. The summed E-state index contributed by atoms with van der Waals surface area (Å²) < 4.78 is 1.88. The molecule has 1 heterocycles. The number of rotatable bonds is 5. The second kappa shape index (κ2) is 5.51. The SMILES string of the molecule is CC(C)n1cc(CNc2cccc([N+](=O)[O-])c2)cn1. The number of aromatic nitrogens is 2. The van der Waals surface area contributed by atoms with E-state index in [1.807, 2.05) is 10.9 Å². The summed E-state index contributed by atoms with van der Waals surface area (Å²) in [5.41, 5.74) is 1.86. The van der Waals surface area contributed by atoms with Crippen LogP contribution < -0.4 is 5.32 Å². The standard InChI is InChI=1S/C13H16N4O2/c1-10(2)16-9-11(8-15-16)7-14-12-4-3-5-13(6-12)17(18)19/h3-6,8-10,14H,7H2,1-2H3. The predicted molar refractivity (Wildman–Crippen MR) is 73.0 cm³/mol. The first kappa shape index (κ1) is 13.1. The molecule has 0 saturated heterocycles. The quantitative estimate of drug-likeness (QED) is 0.662. The van der Waals surface area contributed by atoms with Crippen LogP contribution in [0.4, 0.5) is 11.4 Å². The summed E-state index contributed by atoms with van der Waals surface area (Å²) in [7, 11) is 0. The molecule has 0 aliphatic rings. The van der Waals surface area contributed by atoms with Crippen LogP contribution in [0.25, 0.3) is 0 Å². The van der Waals surface area contributed by atoms with Crippen molar-refractivity contribution in [2.45, 2.75) is 26.4 Å². The number of nitrogens with zero attached hydrogens (tertiary/aromatic N) is 3. The number of non-ortho nitro benzene ring substituents is 1. The van der Waals surface area contributed by atoms with Crippen molar-refractivity contribution < 1.29 is 4.92 Å². The van der Waals surface area contributed by atoms with Gasteiger partial charge in [-0.05, 0) is 19.9 Å². The number of benzene rings is 1. The second-order valence-corrected chi connectivity index (χ2v) is 4.58. The first-order valence-electron chi connectivity index (χ1n) is 6.07. The van der Waals surface area contributed by atoms with Crippen molar-refractivity contribution in [2.24, 2.45) is 0 Å². The molecule has 0 atom stereocenters. The van der Waals surface area contributed by atoms with Gasteiger partial charge < -0.3 is 5.32 Å². The smallest absolute Gasteiger partial charge is 0.271 e. The topological polar surface area (TPSA) is 73.0 Å². The van der Waals surface area contributed by atoms with Crippen LogP contribution in [0.1, 0.15) is 25.5 Å². The van der Waals surface area contributed by atoms with Gasteiger partial charge in [-0.25, -0.2) is 0 Å². The van der Waals surface area contributed by atoms with Crippen LogP contribution >= 0.6 is 0 Å². The summed E-state index contributed by atoms with van der Waals surface area (Å²) in [5.74, 6) is 0. The molecule has 1 aromatic heterocycles. The molecule has 0 bridgehead atoms. The molecule has 0 aliphatic heterocycles. The van der Waals surface area contributed by atoms with E-state index in [1.54, 1.807) is 18.3 Å². The monoisotopic (exact) mass is 260 g/mol. The Labute approximate surface area is 111 Å². The minimum absolute atomic E-state index is 0.0860. The van der Waals surface area contributed by atoms with Crippen molar-refractivity contribution in [2.75, 3.05) is 5.32 Å². The van der Waals surface area contributed by atoms with Crippen LogP contribution in [0.2, 0.25) is 0 Å². The van der Waals surface area contributed by atoms with E-state index in [2.05, 4.69) is 24.3 Å². The fraction of sp³-hybridized carbons (Fsp3) is 0.308. The van der Waals surface area contributed by atoms with E-state index in [1.165, 1.54) is 12.1 Å². The first-order chi connectivity index (χ1) is 9.06. The lowest BCUT2D eigenvalue weighted by molar-refractivity contribution is -0.384. The van der Waals surface area contributed by atoms with E-state index < -0.39 is 4.92 Å². The van der Waals surface area contributed by atoms with Crippen LogP contribution in [-0.2, 0) is 6.54 Å². The van der Waals surface area contributed by atoms with Crippen LogP contribution in [-0.4, -0.2) is 14.7 Å². The highest BCUT2D eigenvalue weighted by molar-refractivity contribution is 5.51. The molecule has 0 saturated carbocycles. The van der Waals surface area contributed by atoms with E-state index in [0.717, 1.165) is 11.3 Å². The molecule has 0 aliphatic carbocycles.